The lowest BCUT2D eigenvalue weighted by atomic mass is 9.73. The number of nitrogens with two attached hydrogens (primary N) is 2. The van der Waals surface area contributed by atoms with Crippen LogP contribution < -0.4 is 21.5 Å². The Kier molecular flexibility index (Phi) is 8.73. The van der Waals surface area contributed by atoms with Crippen molar-refractivity contribution in [3.63, 3.8) is 0 Å². The first kappa shape index (κ1) is 25.8. The zero-order valence-corrected chi connectivity index (χ0v) is 20.0. The largest absolute Gasteiger partial charge is 0.490 e. The second-order valence-corrected chi connectivity index (χ2v) is 9.02. The van der Waals surface area contributed by atoms with Gasteiger partial charge in [-0.15, -0.1) is 0 Å². The monoisotopic (exact) mass is 475 g/mol. The number of cyclic esters (lactones) is 1. The highest BCUT2D eigenvalue weighted by Crippen LogP contribution is 2.38. The van der Waals surface area contributed by atoms with Crippen molar-refractivity contribution in [3.8, 4) is 5.75 Å². The van der Waals surface area contributed by atoms with Crippen LogP contribution in [0.1, 0.15) is 38.2 Å². The first-order valence-corrected chi connectivity index (χ1v) is 11.9. The Morgan fingerprint density at radius 2 is 2.00 bits per heavy atom. The number of amidine groups is 1. The average molecular weight is 476 g/mol. The standard InChI is InChI=1S/C24H37N5O5/c1-3-10-24(22(26)27,17-8-11-28-12-9-17)29-14-19(34-23(29)31)15-33-18-6-4-16(5-7-18)13-20(25)21(30)32-2/h4-7,17,19-20,28H,3,8-15,25H2,1-2H3,(H3,26,27). The van der Waals surface area contributed by atoms with Gasteiger partial charge in [0.15, 0.2) is 6.10 Å². The summed E-state index contributed by atoms with van der Waals surface area (Å²) in [5.41, 5.74) is 12.0. The first-order valence-electron chi connectivity index (χ1n) is 11.9. The van der Waals surface area contributed by atoms with Gasteiger partial charge in [0.25, 0.3) is 0 Å². The minimum Gasteiger partial charge on any atom is -0.490 e. The molecule has 0 bridgehead atoms. The first-order chi connectivity index (χ1) is 16.3. The predicted molar refractivity (Wildman–Crippen MR) is 128 cm³/mol. The normalized spacial score (nSPS) is 21.4. The fourth-order valence-electron chi connectivity index (χ4n) is 5.07. The van der Waals surface area contributed by atoms with Crippen LogP contribution in [0.3, 0.4) is 0 Å². The van der Waals surface area contributed by atoms with Crippen molar-refractivity contribution in [1.82, 2.24) is 10.2 Å². The Morgan fingerprint density at radius 3 is 2.59 bits per heavy atom. The summed E-state index contributed by atoms with van der Waals surface area (Å²) >= 11 is 0. The third-order valence-electron chi connectivity index (χ3n) is 6.79. The van der Waals surface area contributed by atoms with Gasteiger partial charge in [0.2, 0.25) is 0 Å². The Labute approximate surface area is 200 Å². The number of benzene rings is 1. The molecule has 1 aromatic rings. The van der Waals surface area contributed by atoms with Gasteiger partial charge in [-0.2, -0.15) is 0 Å². The molecule has 0 spiro atoms. The van der Waals surface area contributed by atoms with Crippen LogP contribution in [0.2, 0.25) is 0 Å². The maximum Gasteiger partial charge on any atom is 0.411 e. The van der Waals surface area contributed by atoms with Crippen molar-refractivity contribution < 1.29 is 23.8 Å². The average Bonchev–Trinajstić information content (AvgIpc) is 3.22. The zero-order valence-electron chi connectivity index (χ0n) is 20.0. The van der Waals surface area contributed by atoms with Gasteiger partial charge in [0.05, 0.1) is 13.7 Å². The van der Waals surface area contributed by atoms with Crippen LogP contribution in [0.25, 0.3) is 0 Å². The van der Waals surface area contributed by atoms with E-state index in [0.29, 0.717) is 25.1 Å². The van der Waals surface area contributed by atoms with E-state index in [1.807, 2.05) is 19.1 Å². The van der Waals surface area contributed by atoms with Crippen LogP contribution in [0, 0.1) is 11.3 Å². The number of carbonyl (C=O) groups is 2. The highest BCUT2D eigenvalue weighted by atomic mass is 16.6. The molecule has 3 rings (SSSR count). The molecule has 2 fully saturated rings. The Bertz CT molecular complexity index is 858. The van der Waals surface area contributed by atoms with Crippen molar-refractivity contribution in [2.45, 2.75) is 56.7 Å². The number of ether oxygens (including phenoxy) is 3. The molecular weight excluding hydrogens is 438 g/mol. The third kappa shape index (κ3) is 5.61. The summed E-state index contributed by atoms with van der Waals surface area (Å²) < 4.78 is 16.2. The lowest BCUT2D eigenvalue weighted by molar-refractivity contribution is -0.142. The lowest BCUT2D eigenvalue weighted by Gasteiger charge is -2.46. The number of carbonyl (C=O) groups excluding carboxylic acids is 2. The minimum absolute atomic E-state index is 0.0283. The van der Waals surface area contributed by atoms with Crippen LogP contribution in [-0.2, 0) is 20.7 Å². The number of piperidine rings is 1. The van der Waals surface area contributed by atoms with Gasteiger partial charge < -0.3 is 31.0 Å². The molecule has 2 saturated heterocycles. The fourth-order valence-corrected chi connectivity index (χ4v) is 5.07. The molecule has 2 aliphatic heterocycles. The van der Waals surface area contributed by atoms with Crippen molar-refractivity contribution in [1.29, 1.82) is 5.41 Å². The molecule has 0 saturated carbocycles. The number of nitrogens with one attached hydrogen (secondary N) is 2. The Balaban J connectivity index is 1.63. The lowest BCUT2D eigenvalue weighted by Crippen LogP contribution is -2.63. The molecule has 2 aliphatic rings. The SMILES string of the molecule is CCCC(C(=N)N)(C1CCNCC1)N1CC(COc2ccc(CC(N)C(=O)OC)cc2)OC1=O. The quantitative estimate of drug-likeness (QED) is 0.213. The van der Waals surface area contributed by atoms with Crippen LogP contribution in [0.4, 0.5) is 4.79 Å². The van der Waals surface area contributed by atoms with E-state index in [1.165, 1.54) is 7.11 Å². The van der Waals surface area contributed by atoms with Crippen molar-refractivity contribution in [3.05, 3.63) is 29.8 Å². The van der Waals surface area contributed by atoms with Crippen molar-refractivity contribution >= 4 is 17.9 Å². The molecular formula is C24H37N5O5. The zero-order chi connectivity index (χ0) is 24.7. The molecule has 2 heterocycles. The molecule has 0 aromatic heterocycles. The van der Waals surface area contributed by atoms with Crippen LogP contribution in [0.15, 0.2) is 24.3 Å². The summed E-state index contributed by atoms with van der Waals surface area (Å²) in [5.74, 6) is 0.305. The van der Waals surface area contributed by atoms with E-state index < -0.39 is 29.7 Å². The van der Waals surface area contributed by atoms with Crippen molar-refractivity contribution in [2.75, 3.05) is 33.4 Å². The van der Waals surface area contributed by atoms with Crippen LogP contribution in [0.5, 0.6) is 5.75 Å². The second-order valence-electron chi connectivity index (χ2n) is 9.02. The summed E-state index contributed by atoms with van der Waals surface area (Å²) in [6.07, 6.45) is 2.61. The van der Waals surface area contributed by atoms with Gasteiger partial charge in [-0.3, -0.25) is 15.1 Å². The summed E-state index contributed by atoms with van der Waals surface area (Å²) in [6.45, 7) is 4.26. The number of amides is 1. The number of methoxy groups -OCH3 is 1. The summed E-state index contributed by atoms with van der Waals surface area (Å²) in [6, 6.07) is 6.54. The molecule has 0 radical (unpaired) electrons. The number of rotatable bonds is 11. The Morgan fingerprint density at radius 1 is 1.32 bits per heavy atom. The number of hydrogen-bond donors (Lipinski definition) is 4. The predicted octanol–water partition coefficient (Wildman–Crippen LogP) is 1.40. The molecule has 10 nitrogen and oxygen atoms in total. The van der Waals surface area contributed by atoms with Crippen LogP contribution in [-0.4, -0.2) is 73.8 Å². The van der Waals surface area contributed by atoms with E-state index in [2.05, 4.69) is 10.1 Å². The van der Waals surface area contributed by atoms with E-state index >= 15 is 0 Å². The van der Waals surface area contributed by atoms with Gasteiger partial charge in [-0.05, 0) is 62.4 Å². The summed E-state index contributed by atoms with van der Waals surface area (Å²) in [4.78, 5) is 26.1. The number of esters is 1. The van der Waals surface area contributed by atoms with E-state index in [9.17, 15) is 9.59 Å². The highest BCUT2D eigenvalue weighted by Gasteiger charge is 2.52. The molecule has 188 valence electrons. The summed E-state index contributed by atoms with van der Waals surface area (Å²) in [7, 11) is 1.31. The fraction of sp³-hybridized carbons (Fsp3) is 0.625. The van der Waals surface area contributed by atoms with Crippen molar-refractivity contribution in [2.24, 2.45) is 17.4 Å². The van der Waals surface area contributed by atoms with Crippen LogP contribution >= 0.6 is 0 Å². The second kappa shape index (κ2) is 11.5. The third-order valence-corrected chi connectivity index (χ3v) is 6.79. The smallest absolute Gasteiger partial charge is 0.411 e. The molecule has 3 atom stereocenters. The topological polar surface area (TPSA) is 153 Å². The summed E-state index contributed by atoms with van der Waals surface area (Å²) in [5, 5.41) is 11.8. The Hall–Kier alpha value is -2.85. The molecule has 1 amide bonds. The van der Waals surface area contributed by atoms with E-state index in [-0.39, 0.29) is 18.4 Å². The van der Waals surface area contributed by atoms with Gasteiger partial charge in [-0.25, -0.2) is 4.79 Å². The molecule has 3 unspecified atom stereocenters. The molecule has 6 N–H and O–H groups in total. The molecule has 1 aromatic carbocycles. The van der Waals surface area contributed by atoms with Gasteiger partial charge in [-0.1, -0.05) is 25.5 Å². The minimum atomic E-state index is -0.831. The van der Waals surface area contributed by atoms with E-state index in [0.717, 1.165) is 37.9 Å². The van der Waals surface area contributed by atoms with E-state index in [4.69, 9.17) is 26.4 Å². The number of hydrogen-bond acceptors (Lipinski definition) is 8. The van der Waals surface area contributed by atoms with Gasteiger partial charge in [0.1, 0.15) is 29.8 Å². The van der Waals surface area contributed by atoms with Gasteiger partial charge >= 0.3 is 12.1 Å². The maximum absolute atomic E-state index is 12.9. The highest BCUT2D eigenvalue weighted by molar-refractivity contribution is 5.91. The van der Waals surface area contributed by atoms with E-state index in [1.54, 1.807) is 17.0 Å². The number of nitrogens with zero attached hydrogens (tertiary/aromatic N) is 1. The molecule has 10 heteroatoms. The molecule has 34 heavy (non-hydrogen) atoms. The maximum atomic E-state index is 12.9. The van der Waals surface area contributed by atoms with Gasteiger partial charge in [0, 0.05) is 0 Å². The molecule has 0 aliphatic carbocycles.